The Balaban J connectivity index is 1.53. The molecule has 4 rings (SSSR count). The molecule has 2 unspecified atom stereocenters. The molecule has 2 aliphatic carbocycles. The topological polar surface area (TPSA) is 113 Å². The zero-order chi connectivity index (χ0) is 24.2. The number of carbonyl (C=O) groups excluding carboxylic acids is 2. The fraction of sp³-hybridized carbons (Fsp3) is 0.654. The van der Waals surface area contributed by atoms with Crippen LogP contribution in [0.25, 0.3) is 0 Å². The first-order valence-corrected chi connectivity index (χ1v) is 12.7. The van der Waals surface area contributed by atoms with Gasteiger partial charge in [0.2, 0.25) is 11.8 Å². The minimum Gasteiger partial charge on any atom is -0.478 e. The Labute approximate surface area is 200 Å². The number of rotatable bonds is 6. The molecule has 7 nitrogen and oxygen atoms in total. The van der Waals surface area contributed by atoms with Crippen LogP contribution in [0.2, 0.25) is 0 Å². The highest BCUT2D eigenvalue weighted by atomic mass is 19.1. The van der Waals surface area contributed by atoms with Gasteiger partial charge in [0.25, 0.3) is 0 Å². The van der Waals surface area contributed by atoms with Crippen molar-refractivity contribution in [3.63, 3.8) is 0 Å². The lowest BCUT2D eigenvalue weighted by Gasteiger charge is -2.36. The van der Waals surface area contributed by atoms with Crippen LogP contribution in [0.15, 0.2) is 18.2 Å². The average Bonchev–Trinajstić information content (AvgIpc) is 3.29. The maximum absolute atomic E-state index is 14.2. The number of carboxylic acids is 1. The van der Waals surface area contributed by atoms with Crippen molar-refractivity contribution in [1.29, 1.82) is 0 Å². The van der Waals surface area contributed by atoms with Gasteiger partial charge in [-0.15, -0.1) is 0 Å². The molecular formula is C26H36FN3O4. The summed E-state index contributed by atoms with van der Waals surface area (Å²) in [5.74, 6) is -1.61. The summed E-state index contributed by atoms with van der Waals surface area (Å²) in [6.07, 6.45) is 9.95. The number of amides is 2. The molecule has 1 aromatic rings. The Bertz CT molecular complexity index is 909. The van der Waals surface area contributed by atoms with Crippen LogP contribution in [0.4, 0.5) is 10.1 Å². The Hall–Kier alpha value is -2.48. The second-order valence-corrected chi connectivity index (χ2v) is 10.3. The summed E-state index contributed by atoms with van der Waals surface area (Å²) in [6, 6.07) is 3.01. The smallest absolute Gasteiger partial charge is 0.338 e. The number of hydrogen-bond donors (Lipinski definition) is 3. The predicted molar refractivity (Wildman–Crippen MR) is 127 cm³/mol. The summed E-state index contributed by atoms with van der Waals surface area (Å²) >= 11 is 0. The van der Waals surface area contributed by atoms with Crippen LogP contribution in [0.1, 0.15) is 74.6 Å². The number of nitrogens with zero attached hydrogens (tertiary/aromatic N) is 1. The summed E-state index contributed by atoms with van der Waals surface area (Å²) in [7, 11) is 0. The average molecular weight is 474 g/mol. The predicted octanol–water partition coefficient (Wildman–Crippen LogP) is 4.02. The van der Waals surface area contributed by atoms with Gasteiger partial charge >= 0.3 is 5.97 Å². The lowest BCUT2D eigenvalue weighted by Crippen LogP contribution is -2.49. The van der Waals surface area contributed by atoms with Crippen LogP contribution in [0, 0.1) is 29.5 Å². The Morgan fingerprint density at radius 1 is 1.03 bits per heavy atom. The molecule has 0 aromatic heterocycles. The Kier molecular flexibility index (Phi) is 7.86. The van der Waals surface area contributed by atoms with E-state index in [2.05, 4.69) is 5.32 Å². The molecule has 1 aromatic carbocycles. The number of halogens is 1. The lowest BCUT2D eigenvalue weighted by atomic mass is 9.76. The number of carbonyl (C=O) groups is 3. The third-order valence-electron chi connectivity index (χ3n) is 8.25. The first kappa shape index (κ1) is 24.6. The second kappa shape index (κ2) is 10.8. The van der Waals surface area contributed by atoms with Gasteiger partial charge in [0, 0.05) is 18.2 Å². The van der Waals surface area contributed by atoms with E-state index in [-0.39, 0.29) is 29.3 Å². The summed E-state index contributed by atoms with van der Waals surface area (Å²) in [5, 5.41) is 11.8. The third kappa shape index (κ3) is 5.27. The third-order valence-corrected chi connectivity index (χ3v) is 8.25. The highest BCUT2D eigenvalue weighted by Crippen LogP contribution is 2.41. The molecule has 0 radical (unpaired) electrons. The fourth-order valence-corrected chi connectivity index (χ4v) is 6.32. The van der Waals surface area contributed by atoms with Gasteiger partial charge in [0.1, 0.15) is 11.9 Å². The number of benzene rings is 1. The van der Waals surface area contributed by atoms with Gasteiger partial charge in [-0.25, -0.2) is 9.18 Å². The van der Waals surface area contributed by atoms with Gasteiger partial charge < -0.3 is 21.1 Å². The van der Waals surface area contributed by atoms with E-state index in [4.69, 9.17) is 10.8 Å². The normalized spacial score (nSPS) is 28.0. The lowest BCUT2D eigenvalue weighted by molar-refractivity contribution is -0.142. The Morgan fingerprint density at radius 2 is 1.74 bits per heavy atom. The number of aromatic carboxylic acids is 1. The molecule has 1 saturated heterocycles. The Morgan fingerprint density at radius 3 is 2.35 bits per heavy atom. The van der Waals surface area contributed by atoms with Gasteiger partial charge in [-0.05, 0) is 74.6 Å². The van der Waals surface area contributed by atoms with Crippen LogP contribution < -0.4 is 11.1 Å². The minimum absolute atomic E-state index is 0.0568. The van der Waals surface area contributed by atoms with Crippen molar-refractivity contribution in [2.45, 2.75) is 70.3 Å². The zero-order valence-electron chi connectivity index (χ0n) is 19.7. The van der Waals surface area contributed by atoms with Crippen molar-refractivity contribution in [2.75, 3.05) is 18.4 Å². The molecule has 0 spiro atoms. The van der Waals surface area contributed by atoms with E-state index < -0.39 is 23.4 Å². The molecule has 4 N–H and O–H groups in total. The molecule has 1 heterocycles. The summed E-state index contributed by atoms with van der Waals surface area (Å²) in [5.41, 5.74) is 5.58. The van der Waals surface area contributed by atoms with Crippen LogP contribution in [-0.2, 0) is 9.59 Å². The molecule has 34 heavy (non-hydrogen) atoms. The molecule has 186 valence electrons. The maximum Gasteiger partial charge on any atom is 0.338 e. The van der Waals surface area contributed by atoms with Crippen molar-refractivity contribution in [2.24, 2.45) is 29.4 Å². The molecule has 3 fully saturated rings. The number of carboxylic acid groups (broad SMARTS) is 1. The molecule has 8 heteroatoms. The monoisotopic (exact) mass is 473 g/mol. The van der Waals surface area contributed by atoms with E-state index >= 15 is 0 Å². The number of nitrogens with one attached hydrogen (secondary N) is 1. The van der Waals surface area contributed by atoms with Gasteiger partial charge in [0.15, 0.2) is 0 Å². The first-order chi connectivity index (χ1) is 16.4. The standard InChI is InChI=1S/C26H36FN3O4/c27-22-14-19(10-11-21(22)26(33)34)29-24(31)23-20(17-4-2-1-3-5-17)12-13-30(23)25(32)18-8-6-16(15-28)7-9-18/h10-11,14,16-18,20,23H,1-9,12-13,15,28H2,(H,29,31)(H,33,34)/t16-,18-,20?,23?. The van der Waals surface area contributed by atoms with Crippen LogP contribution in [0.3, 0.4) is 0 Å². The summed E-state index contributed by atoms with van der Waals surface area (Å²) in [4.78, 5) is 40.0. The van der Waals surface area contributed by atoms with Crippen LogP contribution in [0.5, 0.6) is 0 Å². The van der Waals surface area contributed by atoms with E-state index in [0.29, 0.717) is 24.9 Å². The molecule has 2 amide bonds. The highest BCUT2D eigenvalue weighted by molar-refractivity contribution is 5.98. The summed E-state index contributed by atoms with van der Waals surface area (Å²) < 4.78 is 14.2. The van der Waals surface area contributed by atoms with Gasteiger partial charge in [-0.1, -0.05) is 32.1 Å². The molecule has 2 atom stereocenters. The van der Waals surface area contributed by atoms with Crippen molar-refractivity contribution in [3.05, 3.63) is 29.6 Å². The molecule has 3 aliphatic rings. The van der Waals surface area contributed by atoms with Gasteiger partial charge in [-0.3, -0.25) is 9.59 Å². The number of hydrogen-bond acceptors (Lipinski definition) is 4. The zero-order valence-corrected chi connectivity index (χ0v) is 19.7. The highest BCUT2D eigenvalue weighted by Gasteiger charge is 2.46. The first-order valence-electron chi connectivity index (χ1n) is 12.7. The van der Waals surface area contributed by atoms with E-state index in [0.717, 1.165) is 69.9 Å². The molecule has 0 bridgehead atoms. The fourth-order valence-electron chi connectivity index (χ4n) is 6.32. The van der Waals surface area contributed by atoms with E-state index in [1.54, 1.807) is 4.90 Å². The number of anilines is 1. The van der Waals surface area contributed by atoms with Crippen LogP contribution >= 0.6 is 0 Å². The number of likely N-dealkylation sites (tertiary alicyclic amines) is 1. The number of nitrogens with two attached hydrogens (primary N) is 1. The molecular weight excluding hydrogens is 437 g/mol. The minimum atomic E-state index is -1.36. The van der Waals surface area contributed by atoms with Gasteiger partial charge in [0.05, 0.1) is 5.56 Å². The van der Waals surface area contributed by atoms with Crippen molar-refractivity contribution in [3.8, 4) is 0 Å². The molecule has 2 saturated carbocycles. The van der Waals surface area contributed by atoms with Crippen molar-refractivity contribution in [1.82, 2.24) is 4.90 Å². The van der Waals surface area contributed by atoms with Crippen molar-refractivity contribution < 1.29 is 23.9 Å². The van der Waals surface area contributed by atoms with E-state index in [1.165, 1.54) is 12.5 Å². The van der Waals surface area contributed by atoms with E-state index in [9.17, 15) is 18.8 Å². The quantitative estimate of drug-likeness (QED) is 0.578. The SMILES string of the molecule is NC[C@H]1CC[C@H](C(=O)N2CCC(C3CCCCC3)C2C(=O)Nc2ccc(C(=O)O)c(F)c2)CC1. The van der Waals surface area contributed by atoms with Crippen molar-refractivity contribution >= 4 is 23.5 Å². The van der Waals surface area contributed by atoms with Gasteiger partial charge in [-0.2, -0.15) is 0 Å². The van der Waals surface area contributed by atoms with E-state index in [1.807, 2.05) is 0 Å². The second-order valence-electron chi connectivity index (χ2n) is 10.3. The largest absolute Gasteiger partial charge is 0.478 e. The maximum atomic E-state index is 14.2. The van der Waals surface area contributed by atoms with Crippen LogP contribution in [-0.4, -0.2) is 46.9 Å². The summed E-state index contributed by atoms with van der Waals surface area (Å²) in [6.45, 7) is 1.22. The molecule has 1 aliphatic heterocycles.